The highest BCUT2D eigenvalue weighted by molar-refractivity contribution is 7.22. The number of ether oxygens (including phenoxy) is 1. The largest absolute Gasteiger partial charge is 0.445 e. The van der Waals surface area contributed by atoms with E-state index in [0.29, 0.717) is 10.7 Å². The molecule has 1 aromatic heterocycles. The summed E-state index contributed by atoms with van der Waals surface area (Å²) in [7, 11) is 2.06. The zero-order valence-corrected chi connectivity index (χ0v) is 14.8. The molecule has 8 heteroatoms. The molecule has 0 bridgehead atoms. The van der Waals surface area contributed by atoms with Gasteiger partial charge in [-0.05, 0) is 25.2 Å². The maximum Gasteiger partial charge on any atom is 0.413 e. The Morgan fingerprint density at radius 2 is 2.12 bits per heavy atom. The van der Waals surface area contributed by atoms with Crippen LogP contribution in [0.15, 0.2) is 30.9 Å². The van der Waals surface area contributed by atoms with Gasteiger partial charge < -0.3 is 14.5 Å². The van der Waals surface area contributed by atoms with E-state index in [1.165, 1.54) is 17.4 Å². The summed E-state index contributed by atoms with van der Waals surface area (Å²) in [4.78, 5) is 32.6. The van der Waals surface area contributed by atoms with Gasteiger partial charge in [-0.2, -0.15) is 0 Å². The molecule has 132 valence electrons. The van der Waals surface area contributed by atoms with Gasteiger partial charge in [0.25, 0.3) is 5.91 Å². The molecule has 0 aliphatic carbocycles. The molecule has 0 radical (unpaired) electrons. The zero-order chi connectivity index (χ0) is 17.8. The van der Waals surface area contributed by atoms with Crippen LogP contribution in [-0.2, 0) is 4.74 Å². The van der Waals surface area contributed by atoms with E-state index in [9.17, 15) is 9.59 Å². The molecule has 0 saturated carbocycles. The van der Waals surface area contributed by atoms with Crippen molar-refractivity contribution < 1.29 is 14.3 Å². The van der Waals surface area contributed by atoms with Gasteiger partial charge >= 0.3 is 6.09 Å². The number of hydrogen-bond donors (Lipinski definition) is 1. The van der Waals surface area contributed by atoms with Crippen LogP contribution >= 0.6 is 11.3 Å². The Hall–Kier alpha value is -2.45. The van der Waals surface area contributed by atoms with Crippen molar-refractivity contribution in [2.24, 2.45) is 0 Å². The number of hydrogen-bond acceptors (Lipinski definition) is 6. The van der Waals surface area contributed by atoms with Gasteiger partial charge in [-0.25, -0.2) is 9.78 Å². The monoisotopic (exact) mass is 360 g/mol. The fourth-order valence-electron chi connectivity index (χ4n) is 2.56. The Bertz CT molecular complexity index is 796. The number of fused-ring (bicyclic) bond motifs is 1. The van der Waals surface area contributed by atoms with E-state index in [0.717, 1.165) is 36.4 Å². The van der Waals surface area contributed by atoms with Crippen molar-refractivity contribution in [3.05, 3.63) is 36.4 Å². The van der Waals surface area contributed by atoms with Crippen LogP contribution in [-0.4, -0.2) is 66.6 Å². The molecule has 25 heavy (non-hydrogen) atoms. The van der Waals surface area contributed by atoms with E-state index in [1.54, 1.807) is 12.1 Å². The average Bonchev–Trinajstić information content (AvgIpc) is 3.01. The standard InChI is InChI=1S/C17H20N4O3S/c1-3-10-24-17(23)19-16-18-13-5-4-12(11-14(13)25-16)15(22)21-8-6-20(2)7-9-21/h3-5,11H,1,6-10H2,2H3,(H,18,19,23). The number of thiazole rings is 1. The number of aromatic nitrogens is 1. The molecule has 1 fully saturated rings. The quantitative estimate of drug-likeness (QED) is 0.848. The number of nitrogens with one attached hydrogen (secondary N) is 1. The number of anilines is 1. The summed E-state index contributed by atoms with van der Waals surface area (Å²) in [5, 5.41) is 3.02. The predicted octanol–water partition coefficient (Wildman–Crippen LogP) is 2.42. The van der Waals surface area contributed by atoms with Gasteiger partial charge in [-0.15, -0.1) is 0 Å². The Balaban J connectivity index is 1.72. The fraction of sp³-hybridized carbons (Fsp3) is 0.353. The lowest BCUT2D eigenvalue weighted by Gasteiger charge is -2.32. The minimum absolute atomic E-state index is 0.0308. The second-order valence-electron chi connectivity index (χ2n) is 5.81. The van der Waals surface area contributed by atoms with Crippen LogP contribution in [0.4, 0.5) is 9.93 Å². The molecule has 1 aromatic carbocycles. The Kier molecular flexibility index (Phi) is 5.30. The first-order valence-electron chi connectivity index (χ1n) is 8.00. The van der Waals surface area contributed by atoms with E-state index >= 15 is 0 Å². The number of amides is 2. The van der Waals surface area contributed by atoms with Crippen LogP contribution in [0, 0.1) is 0 Å². The summed E-state index contributed by atoms with van der Waals surface area (Å²) >= 11 is 1.31. The molecular formula is C17H20N4O3S. The predicted molar refractivity (Wildman–Crippen MR) is 98.2 cm³/mol. The van der Waals surface area contributed by atoms with Gasteiger partial charge in [0.1, 0.15) is 6.61 Å². The third-order valence-electron chi connectivity index (χ3n) is 3.97. The molecule has 2 amide bonds. The third kappa shape index (κ3) is 4.15. The number of carbonyl (C=O) groups excluding carboxylic acids is 2. The highest BCUT2D eigenvalue weighted by Gasteiger charge is 2.21. The van der Waals surface area contributed by atoms with E-state index in [2.05, 4.69) is 28.8 Å². The molecule has 3 rings (SSSR count). The summed E-state index contributed by atoms with van der Waals surface area (Å²) in [6.45, 7) is 6.86. The molecule has 1 aliphatic heterocycles. The van der Waals surface area contributed by atoms with Crippen molar-refractivity contribution in [2.45, 2.75) is 0 Å². The molecule has 2 heterocycles. The van der Waals surface area contributed by atoms with Gasteiger partial charge in [0, 0.05) is 31.7 Å². The van der Waals surface area contributed by atoms with Crippen molar-refractivity contribution in [1.29, 1.82) is 0 Å². The summed E-state index contributed by atoms with van der Waals surface area (Å²) in [5.41, 5.74) is 1.38. The fourth-order valence-corrected chi connectivity index (χ4v) is 3.45. The van der Waals surface area contributed by atoms with Gasteiger partial charge in [0.15, 0.2) is 5.13 Å². The number of nitrogens with zero attached hydrogens (tertiary/aromatic N) is 3. The first kappa shape index (κ1) is 17.4. The van der Waals surface area contributed by atoms with Gasteiger partial charge in [-0.3, -0.25) is 10.1 Å². The molecule has 0 unspecified atom stereocenters. The van der Waals surface area contributed by atoms with Crippen LogP contribution in [0.5, 0.6) is 0 Å². The Morgan fingerprint density at radius 3 is 2.84 bits per heavy atom. The second-order valence-corrected chi connectivity index (χ2v) is 6.84. The maximum atomic E-state index is 12.6. The molecule has 0 spiro atoms. The lowest BCUT2D eigenvalue weighted by Crippen LogP contribution is -2.47. The number of piperazine rings is 1. The molecule has 1 N–H and O–H groups in total. The second kappa shape index (κ2) is 7.62. The SMILES string of the molecule is C=CCOC(=O)Nc1nc2ccc(C(=O)N3CCN(C)CC3)cc2s1. The molecule has 2 aromatic rings. The number of likely N-dealkylation sites (N-methyl/N-ethyl adjacent to an activating group) is 1. The van der Waals surface area contributed by atoms with Crippen molar-refractivity contribution in [2.75, 3.05) is 45.2 Å². The lowest BCUT2D eigenvalue weighted by atomic mass is 10.1. The highest BCUT2D eigenvalue weighted by atomic mass is 32.1. The molecule has 1 saturated heterocycles. The van der Waals surface area contributed by atoms with E-state index in [-0.39, 0.29) is 12.5 Å². The van der Waals surface area contributed by atoms with Crippen LogP contribution in [0.3, 0.4) is 0 Å². The topological polar surface area (TPSA) is 74.8 Å². The van der Waals surface area contributed by atoms with Gasteiger partial charge in [0.2, 0.25) is 0 Å². The van der Waals surface area contributed by atoms with E-state index in [1.807, 2.05) is 11.0 Å². The minimum Gasteiger partial charge on any atom is -0.445 e. The Morgan fingerprint density at radius 1 is 1.36 bits per heavy atom. The third-order valence-corrected chi connectivity index (χ3v) is 4.90. The maximum absolute atomic E-state index is 12.6. The van der Waals surface area contributed by atoms with Crippen molar-refractivity contribution >= 4 is 38.7 Å². The van der Waals surface area contributed by atoms with Crippen molar-refractivity contribution in [1.82, 2.24) is 14.8 Å². The van der Waals surface area contributed by atoms with Gasteiger partial charge in [-0.1, -0.05) is 24.0 Å². The van der Waals surface area contributed by atoms with Crippen LogP contribution in [0.2, 0.25) is 0 Å². The Labute approximate surface area is 149 Å². The first-order chi connectivity index (χ1) is 12.1. The number of rotatable bonds is 4. The molecule has 7 nitrogen and oxygen atoms in total. The van der Waals surface area contributed by atoms with Crippen LogP contribution in [0.1, 0.15) is 10.4 Å². The highest BCUT2D eigenvalue weighted by Crippen LogP contribution is 2.27. The first-order valence-corrected chi connectivity index (χ1v) is 8.81. The van der Waals surface area contributed by atoms with E-state index in [4.69, 9.17) is 4.74 Å². The summed E-state index contributed by atoms with van der Waals surface area (Å²) in [6, 6.07) is 5.41. The summed E-state index contributed by atoms with van der Waals surface area (Å²) in [6.07, 6.45) is 0.918. The van der Waals surface area contributed by atoms with Crippen LogP contribution in [0.25, 0.3) is 10.2 Å². The lowest BCUT2D eigenvalue weighted by molar-refractivity contribution is 0.0664. The van der Waals surface area contributed by atoms with Gasteiger partial charge in [0.05, 0.1) is 10.2 Å². The zero-order valence-electron chi connectivity index (χ0n) is 14.0. The average molecular weight is 360 g/mol. The van der Waals surface area contributed by atoms with E-state index < -0.39 is 6.09 Å². The number of benzene rings is 1. The number of carbonyl (C=O) groups is 2. The molecule has 1 aliphatic rings. The van der Waals surface area contributed by atoms with Crippen molar-refractivity contribution in [3.8, 4) is 0 Å². The molecule has 0 atom stereocenters. The smallest absolute Gasteiger partial charge is 0.413 e. The minimum atomic E-state index is -0.576. The summed E-state index contributed by atoms with van der Waals surface area (Å²) in [5.74, 6) is 0.0308. The molecular weight excluding hydrogens is 340 g/mol. The van der Waals surface area contributed by atoms with Crippen LogP contribution < -0.4 is 5.32 Å². The summed E-state index contributed by atoms with van der Waals surface area (Å²) < 4.78 is 5.72. The van der Waals surface area contributed by atoms with Crippen molar-refractivity contribution in [3.63, 3.8) is 0 Å². The normalized spacial score (nSPS) is 15.2.